The maximum absolute atomic E-state index is 11.9. The number of ether oxygens (including phenoxy) is 1. The van der Waals surface area contributed by atoms with Gasteiger partial charge in [-0.3, -0.25) is 19.6 Å². The first-order chi connectivity index (χ1) is 12.0. The van der Waals surface area contributed by atoms with Crippen molar-refractivity contribution in [1.82, 2.24) is 14.8 Å². The zero-order chi connectivity index (χ0) is 18.0. The molecule has 130 valence electrons. The lowest BCUT2D eigenvalue weighted by Gasteiger charge is -2.05. The summed E-state index contributed by atoms with van der Waals surface area (Å²) in [5.74, 6) is -0.485. The SMILES string of the molecule is Cc1nn(CC(=O)OCCc2nc3ccccc3s2)c(C)c1[N+](=O)[O-]. The topological polar surface area (TPSA) is 100 Å². The highest BCUT2D eigenvalue weighted by molar-refractivity contribution is 7.18. The molecule has 0 saturated heterocycles. The fourth-order valence-electron chi connectivity index (χ4n) is 2.55. The van der Waals surface area contributed by atoms with Gasteiger partial charge in [-0.25, -0.2) is 4.98 Å². The van der Waals surface area contributed by atoms with Crippen LogP contribution in [0.15, 0.2) is 24.3 Å². The summed E-state index contributed by atoms with van der Waals surface area (Å²) in [7, 11) is 0. The van der Waals surface area contributed by atoms with Gasteiger partial charge >= 0.3 is 11.7 Å². The van der Waals surface area contributed by atoms with Gasteiger partial charge in [-0.2, -0.15) is 5.10 Å². The predicted molar refractivity (Wildman–Crippen MR) is 92.6 cm³/mol. The quantitative estimate of drug-likeness (QED) is 0.381. The largest absolute Gasteiger partial charge is 0.464 e. The van der Waals surface area contributed by atoms with Gasteiger partial charge in [0.1, 0.15) is 17.9 Å². The van der Waals surface area contributed by atoms with Gasteiger partial charge in [0.15, 0.2) is 0 Å². The second-order valence-corrected chi connectivity index (χ2v) is 6.60. The highest BCUT2D eigenvalue weighted by atomic mass is 32.1. The average Bonchev–Trinajstić information content (AvgIpc) is 3.07. The smallest absolute Gasteiger partial charge is 0.327 e. The van der Waals surface area contributed by atoms with Gasteiger partial charge in [-0.1, -0.05) is 12.1 Å². The normalized spacial score (nSPS) is 11.0. The van der Waals surface area contributed by atoms with Crippen molar-refractivity contribution in [2.75, 3.05) is 6.61 Å². The number of para-hydroxylation sites is 1. The molecule has 0 aliphatic heterocycles. The van der Waals surface area contributed by atoms with Gasteiger partial charge in [0.25, 0.3) is 0 Å². The van der Waals surface area contributed by atoms with E-state index >= 15 is 0 Å². The Labute approximate surface area is 147 Å². The highest BCUT2D eigenvalue weighted by Gasteiger charge is 2.23. The number of carbonyl (C=O) groups is 1. The number of aromatic nitrogens is 3. The van der Waals surface area contributed by atoms with Gasteiger partial charge in [-0.05, 0) is 26.0 Å². The van der Waals surface area contributed by atoms with Gasteiger partial charge in [-0.15, -0.1) is 11.3 Å². The third-order valence-electron chi connectivity index (χ3n) is 3.72. The Bertz CT molecular complexity index is 914. The fraction of sp³-hybridized carbons (Fsp3) is 0.312. The minimum atomic E-state index is -0.493. The molecule has 3 rings (SSSR count). The van der Waals surface area contributed by atoms with Gasteiger partial charge < -0.3 is 4.74 Å². The minimum Gasteiger partial charge on any atom is -0.464 e. The molecule has 2 aromatic heterocycles. The van der Waals surface area contributed by atoms with Crippen molar-refractivity contribution >= 4 is 33.2 Å². The Kier molecular flexibility index (Phi) is 4.75. The highest BCUT2D eigenvalue weighted by Crippen LogP contribution is 2.22. The summed E-state index contributed by atoms with van der Waals surface area (Å²) in [6, 6.07) is 7.83. The second-order valence-electron chi connectivity index (χ2n) is 5.48. The zero-order valence-electron chi connectivity index (χ0n) is 13.8. The second kappa shape index (κ2) is 6.98. The van der Waals surface area contributed by atoms with Crippen LogP contribution in [0.25, 0.3) is 10.2 Å². The maximum Gasteiger partial charge on any atom is 0.327 e. The van der Waals surface area contributed by atoms with E-state index in [1.54, 1.807) is 25.2 Å². The van der Waals surface area contributed by atoms with E-state index in [0.717, 1.165) is 15.2 Å². The van der Waals surface area contributed by atoms with E-state index in [0.29, 0.717) is 12.1 Å². The van der Waals surface area contributed by atoms with Crippen LogP contribution >= 0.6 is 11.3 Å². The summed E-state index contributed by atoms with van der Waals surface area (Å²) >= 11 is 1.57. The molecule has 0 aliphatic rings. The Morgan fingerprint density at radius 1 is 1.36 bits per heavy atom. The third kappa shape index (κ3) is 3.66. The van der Waals surface area contributed by atoms with E-state index in [2.05, 4.69) is 10.1 Å². The molecule has 8 nitrogen and oxygen atoms in total. The molecule has 0 spiro atoms. The molecule has 0 aliphatic carbocycles. The molecule has 1 aromatic carbocycles. The van der Waals surface area contributed by atoms with E-state index < -0.39 is 10.9 Å². The van der Waals surface area contributed by atoms with Gasteiger partial charge in [0.2, 0.25) is 0 Å². The molecule has 0 atom stereocenters. The first-order valence-corrected chi connectivity index (χ1v) is 8.46. The maximum atomic E-state index is 11.9. The molecular weight excluding hydrogens is 344 g/mol. The Morgan fingerprint density at radius 2 is 2.12 bits per heavy atom. The summed E-state index contributed by atoms with van der Waals surface area (Å²) in [6.07, 6.45) is 0.530. The average molecular weight is 360 g/mol. The number of esters is 1. The van der Waals surface area contributed by atoms with Crippen molar-refractivity contribution < 1.29 is 14.5 Å². The summed E-state index contributed by atoms with van der Waals surface area (Å²) in [6.45, 7) is 3.16. The molecule has 0 amide bonds. The van der Waals surface area contributed by atoms with E-state index in [-0.39, 0.29) is 24.5 Å². The van der Waals surface area contributed by atoms with Crippen molar-refractivity contribution in [3.8, 4) is 0 Å². The number of thiazole rings is 1. The Hall–Kier alpha value is -2.81. The lowest BCUT2D eigenvalue weighted by Crippen LogP contribution is -2.17. The van der Waals surface area contributed by atoms with Crippen molar-refractivity contribution in [2.45, 2.75) is 26.8 Å². The van der Waals surface area contributed by atoms with E-state index in [1.807, 2.05) is 24.3 Å². The molecule has 0 bridgehead atoms. The Balaban J connectivity index is 1.56. The first kappa shape index (κ1) is 17.0. The van der Waals surface area contributed by atoms with E-state index in [1.165, 1.54) is 4.68 Å². The zero-order valence-corrected chi connectivity index (χ0v) is 14.6. The van der Waals surface area contributed by atoms with Gasteiger partial charge in [0.05, 0.1) is 26.8 Å². The minimum absolute atomic E-state index is 0.0673. The lowest BCUT2D eigenvalue weighted by atomic mass is 10.3. The van der Waals surface area contributed by atoms with Crippen LogP contribution in [0.5, 0.6) is 0 Å². The number of nitro groups is 1. The number of carbonyl (C=O) groups excluding carboxylic acids is 1. The van der Waals surface area contributed by atoms with Crippen LogP contribution in [0.3, 0.4) is 0 Å². The number of benzene rings is 1. The van der Waals surface area contributed by atoms with Crippen molar-refractivity contribution in [2.24, 2.45) is 0 Å². The number of rotatable bonds is 6. The van der Waals surface area contributed by atoms with Crippen molar-refractivity contribution in [3.05, 3.63) is 50.8 Å². The third-order valence-corrected chi connectivity index (χ3v) is 4.82. The number of aryl methyl sites for hydroxylation is 1. The van der Waals surface area contributed by atoms with Crippen LogP contribution in [0.4, 0.5) is 5.69 Å². The monoisotopic (exact) mass is 360 g/mol. The standard InChI is InChI=1S/C16H16N4O4S/c1-10-16(20(22)23)11(2)19(18-10)9-15(21)24-8-7-14-17-12-5-3-4-6-13(12)25-14/h3-6H,7-9H2,1-2H3. The summed E-state index contributed by atoms with van der Waals surface area (Å²) in [4.78, 5) is 26.9. The first-order valence-electron chi connectivity index (χ1n) is 7.64. The van der Waals surface area contributed by atoms with Crippen molar-refractivity contribution in [3.63, 3.8) is 0 Å². The molecule has 2 heterocycles. The van der Waals surface area contributed by atoms with Crippen LogP contribution in [-0.2, 0) is 22.5 Å². The summed E-state index contributed by atoms with van der Waals surface area (Å²) in [5, 5.41) is 15.9. The van der Waals surface area contributed by atoms with E-state index in [9.17, 15) is 14.9 Å². The Morgan fingerprint density at radius 3 is 2.80 bits per heavy atom. The molecule has 0 fully saturated rings. The molecular formula is C16H16N4O4S. The van der Waals surface area contributed by atoms with Crippen LogP contribution in [0, 0.1) is 24.0 Å². The number of hydrogen-bond acceptors (Lipinski definition) is 7. The number of nitrogens with zero attached hydrogens (tertiary/aromatic N) is 4. The lowest BCUT2D eigenvalue weighted by molar-refractivity contribution is -0.386. The van der Waals surface area contributed by atoms with Crippen LogP contribution in [0.2, 0.25) is 0 Å². The number of fused-ring (bicyclic) bond motifs is 1. The van der Waals surface area contributed by atoms with Crippen LogP contribution in [-0.4, -0.2) is 32.3 Å². The molecule has 0 radical (unpaired) electrons. The number of hydrogen-bond donors (Lipinski definition) is 0. The van der Waals surface area contributed by atoms with Crippen molar-refractivity contribution in [1.29, 1.82) is 0 Å². The molecule has 25 heavy (non-hydrogen) atoms. The molecule has 0 unspecified atom stereocenters. The molecule has 9 heteroatoms. The predicted octanol–water partition coefficient (Wildman–Crippen LogP) is 2.80. The van der Waals surface area contributed by atoms with Crippen LogP contribution in [0.1, 0.15) is 16.4 Å². The van der Waals surface area contributed by atoms with Gasteiger partial charge in [0, 0.05) is 6.42 Å². The molecule has 3 aromatic rings. The van der Waals surface area contributed by atoms with Crippen LogP contribution < -0.4 is 0 Å². The fourth-order valence-corrected chi connectivity index (χ4v) is 3.50. The molecule has 0 saturated carbocycles. The van der Waals surface area contributed by atoms with E-state index in [4.69, 9.17) is 4.74 Å². The summed E-state index contributed by atoms with van der Waals surface area (Å²) in [5.41, 5.74) is 1.49. The molecule has 0 N–H and O–H groups in total. The summed E-state index contributed by atoms with van der Waals surface area (Å²) < 4.78 is 7.60.